The molecule has 7 heteroatoms. The number of rotatable bonds is 1. The number of hydrogen-bond donors (Lipinski definition) is 0. The molecule has 0 aliphatic heterocycles. The topological polar surface area (TPSA) is 91.3 Å². The molecular formula is C11H7NaO5S. The van der Waals surface area contributed by atoms with E-state index < -0.39 is 26.6 Å². The first-order valence-electron chi connectivity index (χ1n) is 4.69. The SMILES string of the molecule is CC1=C(S(=O)(=O)[O-])C(=O)c2ccccc2C1=O.[Na+]. The molecule has 0 N–H and O–H groups in total. The van der Waals surface area contributed by atoms with Crippen LogP contribution in [0.25, 0.3) is 0 Å². The zero-order chi connectivity index (χ0) is 12.8. The Labute approximate surface area is 126 Å². The van der Waals surface area contributed by atoms with E-state index in [1.807, 2.05) is 0 Å². The Balaban J connectivity index is 0.00000162. The molecule has 0 saturated carbocycles. The molecule has 0 aromatic heterocycles. The average molecular weight is 274 g/mol. The second-order valence-corrected chi connectivity index (χ2v) is 4.93. The monoisotopic (exact) mass is 274 g/mol. The van der Waals surface area contributed by atoms with Gasteiger partial charge in [0.1, 0.15) is 15.0 Å². The van der Waals surface area contributed by atoms with Crippen molar-refractivity contribution in [3.05, 3.63) is 45.9 Å². The van der Waals surface area contributed by atoms with Crippen LogP contribution in [-0.4, -0.2) is 24.5 Å². The Morgan fingerprint density at radius 2 is 1.44 bits per heavy atom. The quantitative estimate of drug-likeness (QED) is 0.432. The molecule has 0 fully saturated rings. The second-order valence-electron chi connectivity index (χ2n) is 3.61. The van der Waals surface area contributed by atoms with Gasteiger partial charge >= 0.3 is 29.6 Å². The standard InChI is InChI=1S/C11H8O5S.Na/c1-6-9(12)7-4-2-3-5-8(7)10(13)11(6)17(14,15)16;/h2-5H,1H3,(H,14,15,16);/q;+1/p-1. The van der Waals surface area contributed by atoms with Gasteiger partial charge in [0.25, 0.3) is 0 Å². The van der Waals surface area contributed by atoms with Gasteiger partial charge in [-0.15, -0.1) is 0 Å². The minimum Gasteiger partial charge on any atom is -0.744 e. The smallest absolute Gasteiger partial charge is 0.744 e. The van der Waals surface area contributed by atoms with Gasteiger partial charge in [-0.25, -0.2) is 8.42 Å². The van der Waals surface area contributed by atoms with Crippen LogP contribution >= 0.6 is 0 Å². The van der Waals surface area contributed by atoms with E-state index in [1.165, 1.54) is 25.1 Å². The van der Waals surface area contributed by atoms with E-state index in [9.17, 15) is 22.6 Å². The van der Waals surface area contributed by atoms with Crippen LogP contribution in [0.15, 0.2) is 34.7 Å². The molecule has 2 rings (SSSR count). The van der Waals surface area contributed by atoms with E-state index in [2.05, 4.69) is 0 Å². The third-order valence-corrected chi connectivity index (χ3v) is 3.55. The molecule has 1 aliphatic carbocycles. The third kappa shape index (κ3) is 2.34. The van der Waals surface area contributed by atoms with E-state index in [0.29, 0.717) is 0 Å². The average Bonchev–Trinajstić information content (AvgIpc) is 2.24. The van der Waals surface area contributed by atoms with Crippen molar-refractivity contribution in [1.82, 2.24) is 0 Å². The number of allylic oxidation sites excluding steroid dienone is 2. The fourth-order valence-electron chi connectivity index (χ4n) is 1.78. The molecule has 1 aromatic rings. The van der Waals surface area contributed by atoms with Gasteiger partial charge in [0, 0.05) is 16.7 Å². The maximum atomic E-state index is 11.8. The van der Waals surface area contributed by atoms with Crippen LogP contribution in [-0.2, 0) is 10.1 Å². The summed E-state index contributed by atoms with van der Waals surface area (Å²) in [4.78, 5) is 22.7. The Hall–Kier alpha value is -0.790. The summed E-state index contributed by atoms with van der Waals surface area (Å²) >= 11 is 0. The largest absolute Gasteiger partial charge is 1.00 e. The van der Waals surface area contributed by atoms with Crippen LogP contribution in [0.2, 0.25) is 0 Å². The molecule has 0 radical (unpaired) electrons. The number of Topliss-reactive ketones (excluding diaryl/α,β-unsaturated/α-hetero) is 2. The van der Waals surface area contributed by atoms with Gasteiger partial charge in [-0.3, -0.25) is 9.59 Å². The zero-order valence-electron chi connectivity index (χ0n) is 9.76. The minimum absolute atomic E-state index is 0. The number of hydrogen-bond acceptors (Lipinski definition) is 5. The van der Waals surface area contributed by atoms with Gasteiger partial charge in [-0.1, -0.05) is 24.3 Å². The van der Waals surface area contributed by atoms with Crippen molar-refractivity contribution < 1.29 is 52.1 Å². The number of carbonyl (C=O) groups is 2. The van der Waals surface area contributed by atoms with Crippen LogP contribution in [0.3, 0.4) is 0 Å². The van der Waals surface area contributed by atoms with Crippen molar-refractivity contribution >= 4 is 21.7 Å². The van der Waals surface area contributed by atoms with Crippen molar-refractivity contribution in [2.75, 3.05) is 0 Å². The molecule has 5 nitrogen and oxygen atoms in total. The first-order chi connectivity index (χ1) is 7.84. The molecule has 0 unspecified atom stereocenters. The van der Waals surface area contributed by atoms with E-state index in [0.717, 1.165) is 0 Å². The van der Waals surface area contributed by atoms with E-state index in [1.54, 1.807) is 6.07 Å². The molecule has 0 spiro atoms. The van der Waals surface area contributed by atoms with E-state index in [-0.39, 0.29) is 46.3 Å². The molecule has 1 aromatic carbocycles. The predicted octanol–water partition coefficient (Wildman–Crippen LogP) is -2.11. The van der Waals surface area contributed by atoms with Crippen LogP contribution < -0.4 is 29.6 Å². The van der Waals surface area contributed by atoms with Crippen LogP contribution in [0, 0.1) is 0 Å². The summed E-state index contributed by atoms with van der Waals surface area (Å²) in [5.74, 6) is -1.51. The van der Waals surface area contributed by atoms with Gasteiger partial charge in [-0.2, -0.15) is 0 Å². The maximum absolute atomic E-state index is 11.8. The Bertz CT molecular complexity index is 672. The Morgan fingerprint density at radius 3 is 1.89 bits per heavy atom. The van der Waals surface area contributed by atoms with Crippen molar-refractivity contribution in [1.29, 1.82) is 0 Å². The van der Waals surface area contributed by atoms with Crippen LogP contribution in [0.5, 0.6) is 0 Å². The summed E-state index contributed by atoms with van der Waals surface area (Å²) in [5, 5.41) is 0. The molecular weight excluding hydrogens is 267 g/mol. The van der Waals surface area contributed by atoms with Crippen molar-refractivity contribution in [2.45, 2.75) is 6.92 Å². The van der Waals surface area contributed by atoms with Gasteiger partial charge < -0.3 is 4.55 Å². The maximum Gasteiger partial charge on any atom is 1.00 e. The number of benzene rings is 1. The fraction of sp³-hybridized carbons (Fsp3) is 0.0909. The Kier molecular flexibility index (Phi) is 4.30. The minimum atomic E-state index is -4.94. The molecule has 0 atom stereocenters. The van der Waals surface area contributed by atoms with E-state index >= 15 is 0 Å². The number of fused-ring (bicyclic) bond motifs is 1. The van der Waals surface area contributed by atoms with Crippen molar-refractivity contribution in [3.8, 4) is 0 Å². The number of ketones is 2. The first kappa shape index (κ1) is 15.3. The normalized spacial score (nSPS) is 15.2. The van der Waals surface area contributed by atoms with Crippen molar-refractivity contribution in [2.24, 2.45) is 0 Å². The third-order valence-electron chi connectivity index (χ3n) is 2.55. The molecule has 88 valence electrons. The summed E-state index contributed by atoms with van der Waals surface area (Å²) in [6.45, 7) is 1.17. The molecule has 0 bridgehead atoms. The predicted molar refractivity (Wildman–Crippen MR) is 57.5 cm³/mol. The Morgan fingerprint density at radius 1 is 1.00 bits per heavy atom. The molecule has 1 aliphatic rings. The van der Waals surface area contributed by atoms with E-state index in [4.69, 9.17) is 0 Å². The molecule has 18 heavy (non-hydrogen) atoms. The summed E-state index contributed by atoms with van der Waals surface area (Å²) in [7, 11) is -4.94. The molecule has 0 amide bonds. The number of carbonyl (C=O) groups excluding carboxylic acids is 2. The second kappa shape index (κ2) is 5.07. The van der Waals surface area contributed by atoms with Gasteiger partial charge in [0.2, 0.25) is 5.78 Å². The summed E-state index contributed by atoms with van der Waals surface area (Å²) in [6, 6.07) is 5.81. The summed E-state index contributed by atoms with van der Waals surface area (Å²) in [6.07, 6.45) is 0. The van der Waals surface area contributed by atoms with Gasteiger partial charge in [0.05, 0.1) is 0 Å². The van der Waals surface area contributed by atoms with Gasteiger partial charge in [0.15, 0.2) is 5.78 Å². The van der Waals surface area contributed by atoms with Crippen LogP contribution in [0.1, 0.15) is 27.6 Å². The van der Waals surface area contributed by atoms with Gasteiger partial charge in [-0.05, 0) is 6.92 Å². The van der Waals surface area contributed by atoms with Crippen LogP contribution in [0.4, 0.5) is 0 Å². The first-order valence-corrected chi connectivity index (χ1v) is 6.10. The fourth-order valence-corrected chi connectivity index (χ4v) is 2.58. The summed E-state index contributed by atoms with van der Waals surface area (Å²) < 4.78 is 32.9. The zero-order valence-corrected chi connectivity index (χ0v) is 12.6. The summed E-state index contributed by atoms with van der Waals surface area (Å²) in [5.41, 5.74) is -0.233. The van der Waals surface area contributed by atoms with Crippen molar-refractivity contribution in [3.63, 3.8) is 0 Å². The molecule has 0 heterocycles. The molecule has 0 saturated heterocycles.